The zero-order valence-electron chi connectivity index (χ0n) is 9.99. The molecular formula is C13H19BrN2. The average molecular weight is 283 g/mol. The normalized spacial score (nSPS) is 22.6. The summed E-state index contributed by atoms with van der Waals surface area (Å²) in [5, 5.41) is 0. The molecular weight excluding hydrogens is 264 g/mol. The van der Waals surface area contributed by atoms with E-state index in [4.69, 9.17) is 0 Å². The van der Waals surface area contributed by atoms with Crippen LogP contribution in [-0.2, 0) is 0 Å². The lowest BCUT2D eigenvalue weighted by Crippen LogP contribution is -2.38. The van der Waals surface area contributed by atoms with E-state index in [1.165, 1.54) is 31.4 Å². The molecule has 0 aliphatic carbocycles. The van der Waals surface area contributed by atoms with E-state index in [2.05, 4.69) is 45.7 Å². The van der Waals surface area contributed by atoms with E-state index >= 15 is 0 Å². The lowest BCUT2D eigenvalue weighted by molar-refractivity contribution is 0.112. The minimum Gasteiger partial charge on any atom is -0.294 e. The highest BCUT2D eigenvalue weighted by molar-refractivity contribution is 9.10. The van der Waals surface area contributed by atoms with Gasteiger partial charge in [0.25, 0.3) is 0 Å². The van der Waals surface area contributed by atoms with Gasteiger partial charge in [-0.25, -0.2) is 4.98 Å². The third-order valence-electron chi connectivity index (χ3n) is 3.34. The molecule has 1 aromatic heterocycles. The minimum absolute atomic E-state index is 0.564. The maximum Gasteiger partial charge on any atom is 0.106 e. The number of rotatable bonds is 2. The van der Waals surface area contributed by atoms with Crippen molar-refractivity contribution < 1.29 is 0 Å². The monoisotopic (exact) mass is 282 g/mol. The van der Waals surface area contributed by atoms with E-state index < -0.39 is 0 Å². The van der Waals surface area contributed by atoms with E-state index in [0.29, 0.717) is 12.1 Å². The molecule has 0 unspecified atom stereocenters. The zero-order valence-corrected chi connectivity index (χ0v) is 11.6. The predicted molar refractivity (Wildman–Crippen MR) is 70.4 cm³/mol. The molecule has 0 radical (unpaired) electrons. The fourth-order valence-electron chi connectivity index (χ4n) is 2.51. The zero-order chi connectivity index (χ0) is 11.5. The van der Waals surface area contributed by atoms with Crippen molar-refractivity contribution in [3.8, 4) is 0 Å². The van der Waals surface area contributed by atoms with Gasteiger partial charge in [0.1, 0.15) is 4.60 Å². The van der Waals surface area contributed by atoms with Gasteiger partial charge in [0.2, 0.25) is 0 Å². The van der Waals surface area contributed by atoms with Gasteiger partial charge >= 0.3 is 0 Å². The molecule has 1 atom stereocenters. The van der Waals surface area contributed by atoms with Crippen LogP contribution >= 0.6 is 15.9 Å². The standard InChI is InChI=1S/C13H19BrN2/c1-10(2)16-8-4-3-5-12(16)11-6-7-13(14)15-9-11/h6-7,9-10,12H,3-5,8H2,1-2H3/t12-/m1/s1. The van der Waals surface area contributed by atoms with Crippen LogP contribution in [0.3, 0.4) is 0 Å². The highest BCUT2D eigenvalue weighted by atomic mass is 79.9. The van der Waals surface area contributed by atoms with E-state index in [-0.39, 0.29) is 0 Å². The van der Waals surface area contributed by atoms with Crippen LogP contribution in [0.15, 0.2) is 22.9 Å². The predicted octanol–water partition coefficient (Wildman–Crippen LogP) is 3.78. The number of likely N-dealkylation sites (tertiary alicyclic amines) is 1. The van der Waals surface area contributed by atoms with Gasteiger partial charge in [0.15, 0.2) is 0 Å². The van der Waals surface area contributed by atoms with E-state index in [1.54, 1.807) is 0 Å². The molecule has 1 fully saturated rings. The first-order valence-electron chi connectivity index (χ1n) is 6.05. The number of hydrogen-bond donors (Lipinski definition) is 0. The van der Waals surface area contributed by atoms with E-state index in [0.717, 1.165) is 4.60 Å². The lowest BCUT2D eigenvalue weighted by Gasteiger charge is -2.38. The molecule has 3 heteroatoms. The molecule has 0 N–H and O–H groups in total. The van der Waals surface area contributed by atoms with Crippen molar-refractivity contribution in [1.82, 2.24) is 9.88 Å². The second-order valence-corrected chi connectivity index (χ2v) is 5.57. The maximum absolute atomic E-state index is 4.34. The summed E-state index contributed by atoms with van der Waals surface area (Å²) >= 11 is 3.39. The van der Waals surface area contributed by atoms with Crippen molar-refractivity contribution in [2.45, 2.75) is 45.2 Å². The average Bonchev–Trinajstić information content (AvgIpc) is 2.30. The molecule has 88 valence electrons. The minimum atomic E-state index is 0.564. The van der Waals surface area contributed by atoms with Gasteiger partial charge in [-0.2, -0.15) is 0 Å². The summed E-state index contributed by atoms with van der Waals surface area (Å²) < 4.78 is 0.920. The van der Waals surface area contributed by atoms with Crippen LogP contribution in [0.2, 0.25) is 0 Å². The van der Waals surface area contributed by atoms with Crippen molar-refractivity contribution in [3.05, 3.63) is 28.5 Å². The van der Waals surface area contributed by atoms with Crippen molar-refractivity contribution in [3.63, 3.8) is 0 Å². The molecule has 2 nitrogen and oxygen atoms in total. The van der Waals surface area contributed by atoms with Crippen LogP contribution in [0.1, 0.15) is 44.7 Å². The largest absolute Gasteiger partial charge is 0.294 e. The molecule has 0 aromatic carbocycles. The smallest absolute Gasteiger partial charge is 0.106 e. The number of hydrogen-bond acceptors (Lipinski definition) is 2. The summed E-state index contributed by atoms with van der Waals surface area (Å²) in [5.74, 6) is 0. The van der Waals surface area contributed by atoms with Crippen molar-refractivity contribution >= 4 is 15.9 Å². The topological polar surface area (TPSA) is 16.1 Å². The number of piperidine rings is 1. The second kappa shape index (κ2) is 5.28. The Morgan fingerprint density at radius 3 is 2.81 bits per heavy atom. The maximum atomic E-state index is 4.34. The molecule has 1 aliphatic rings. The Labute approximate surface area is 106 Å². The molecule has 0 saturated carbocycles. The Morgan fingerprint density at radius 2 is 2.19 bits per heavy atom. The summed E-state index contributed by atoms with van der Waals surface area (Å²) in [4.78, 5) is 6.93. The van der Waals surface area contributed by atoms with Gasteiger partial charge in [0, 0.05) is 18.3 Å². The van der Waals surface area contributed by atoms with Crippen LogP contribution in [0.4, 0.5) is 0 Å². The molecule has 2 heterocycles. The molecule has 0 spiro atoms. The third kappa shape index (κ3) is 2.64. The highest BCUT2D eigenvalue weighted by Crippen LogP contribution is 2.32. The number of halogens is 1. The number of nitrogens with zero attached hydrogens (tertiary/aromatic N) is 2. The molecule has 2 rings (SSSR count). The van der Waals surface area contributed by atoms with Crippen molar-refractivity contribution in [2.24, 2.45) is 0 Å². The van der Waals surface area contributed by atoms with E-state index in [9.17, 15) is 0 Å². The van der Waals surface area contributed by atoms with Crippen molar-refractivity contribution in [1.29, 1.82) is 0 Å². The Morgan fingerprint density at radius 1 is 1.38 bits per heavy atom. The first kappa shape index (κ1) is 12.1. The van der Waals surface area contributed by atoms with Gasteiger partial charge in [-0.1, -0.05) is 12.5 Å². The van der Waals surface area contributed by atoms with Crippen LogP contribution in [0, 0.1) is 0 Å². The fraction of sp³-hybridized carbons (Fsp3) is 0.615. The SMILES string of the molecule is CC(C)N1CCCC[C@@H]1c1ccc(Br)nc1. The Hall–Kier alpha value is -0.410. The number of pyridine rings is 1. The molecule has 1 aromatic rings. The molecule has 0 bridgehead atoms. The van der Waals surface area contributed by atoms with Crippen LogP contribution in [-0.4, -0.2) is 22.5 Å². The quantitative estimate of drug-likeness (QED) is 0.768. The fourth-order valence-corrected chi connectivity index (χ4v) is 2.75. The highest BCUT2D eigenvalue weighted by Gasteiger charge is 2.25. The van der Waals surface area contributed by atoms with Crippen molar-refractivity contribution in [2.75, 3.05) is 6.54 Å². The Bertz CT molecular complexity index is 334. The molecule has 1 saturated heterocycles. The van der Waals surface area contributed by atoms with Crippen LogP contribution in [0.25, 0.3) is 0 Å². The van der Waals surface area contributed by atoms with Gasteiger partial charge in [-0.05, 0) is 60.8 Å². The lowest BCUT2D eigenvalue weighted by atomic mass is 9.95. The number of aromatic nitrogens is 1. The van der Waals surface area contributed by atoms with Crippen LogP contribution in [0.5, 0.6) is 0 Å². The first-order valence-corrected chi connectivity index (χ1v) is 6.85. The van der Waals surface area contributed by atoms with Gasteiger partial charge in [-0.3, -0.25) is 4.90 Å². The van der Waals surface area contributed by atoms with E-state index in [1.807, 2.05) is 12.3 Å². The van der Waals surface area contributed by atoms with Gasteiger partial charge in [-0.15, -0.1) is 0 Å². The first-order chi connectivity index (χ1) is 7.68. The van der Waals surface area contributed by atoms with Gasteiger partial charge < -0.3 is 0 Å². The molecule has 1 aliphatic heterocycles. The third-order valence-corrected chi connectivity index (χ3v) is 3.81. The molecule has 16 heavy (non-hydrogen) atoms. The second-order valence-electron chi connectivity index (χ2n) is 4.76. The summed E-state index contributed by atoms with van der Waals surface area (Å²) in [6, 6.07) is 5.42. The molecule has 0 amide bonds. The van der Waals surface area contributed by atoms with Crippen LogP contribution < -0.4 is 0 Å². The summed E-state index contributed by atoms with van der Waals surface area (Å²) in [6.45, 7) is 5.79. The Balaban J connectivity index is 2.19. The Kier molecular flexibility index (Phi) is 3.98. The summed E-state index contributed by atoms with van der Waals surface area (Å²) in [5.41, 5.74) is 1.36. The van der Waals surface area contributed by atoms with Gasteiger partial charge in [0.05, 0.1) is 0 Å². The summed E-state index contributed by atoms with van der Waals surface area (Å²) in [6.07, 6.45) is 5.94. The summed E-state index contributed by atoms with van der Waals surface area (Å²) in [7, 11) is 0.